The van der Waals surface area contributed by atoms with Crippen LogP contribution in [0.1, 0.15) is 30.4 Å². The van der Waals surface area contributed by atoms with E-state index in [0.717, 1.165) is 37.2 Å². The largest absolute Gasteiger partial charge is 0.506 e. The molecule has 1 N–H and O–H groups in total. The highest BCUT2D eigenvalue weighted by Crippen LogP contribution is 2.34. The first-order valence-electron chi connectivity index (χ1n) is 5.71. The summed E-state index contributed by atoms with van der Waals surface area (Å²) in [6, 6.07) is 5.46. The standard InChI is InChI=1S/C13H16N2O/c1-10-11(9-14)5-6-12(16)13(10)15-7-3-2-4-8-15/h5-6,16H,2-4,7-8H2,1H3. The first-order valence-corrected chi connectivity index (χ1v) is 5.71. The molecule has 1 fully saturated rings. The third kappa shape index (κ3) is 1.83. The molecule has 1 saturated heterocycles. The van der Waals surface area contributed by atoms with Gasteiger partial charge in [-0.1, -0.05) is 0 Å². The third-order valence-corrected chi connectivity index (χ3v) is 3.20. The normalized spacial score (nSPS) is 15.9. The van der Waals surface area contributed by atoms with Crippen LogP contribution in [0.4, 0.5) is 5.69 Å². The number of nitrogens with zero attached hydrogens (tertiary/aromatic N) is 2. The van der Waals surface area contributed by atoms with Crippen LogP contribution in [-0.4, -0.2) is 18.2 Å². The van der Waals surface area contributed by atoms with Gasteiger partial charge in [0.2, 0.25) is 0 Å². The SMILES string of the molecule is Cc1c(C#N)ccc(O)c1N1CCCCC1. The molecule has 0 saturated carbocycles. The molecular formula is C13H16N2O. The first kappa shape index (κ1) is 10.8. The molecule has 0 amide bonds. The predicted octanol–water partition coefficient (Wildman–Crippen LogP) is 2.56. The van der Waals surface area contributed by atoms with Crippen molar-refractivity contribution >= 4 is 5.69 Å². The summed E-state index contributed by atoms with van der Waals surface area (Å²) in [5, 5.41) is 18.9. The minimum atomic E-state index is 0.290. The molecule has 0 aliphatic carbocycles. The third-order valence-electron chi connectivity index (χ3n) is 3.20. The lowest BCUT2D eigenvalue weighted by Gasteiger charge is -2.30. The van der Waals surface area contributed by atoms with E-state index < -0.39 is 0 Å². The maximum Gasteiger partial charge on any atom is 0.139 e. The topological polar surface area (TPSA) is 47.3 Å². The highest BCUT2D eigenvalue weighted by molar-refractivity contribution is 5.67. The van der Waals surface area contributed by atoms with Crippen LogP contribution in [0.3, 0.4) is 0 Å². The molecular weight excluding hydrogens is 200 g/mol. The lowest BCUT2D eigenvalue weighted by molar-refractivity contribution is 0.469. The van der Waals surface area contributed by atoms with Crippen molar-refractivity contribution in [2.75, 3.05) is 18.0 Å². The minimum absolute atomic E-state index is 0.290. The summed E-state index contributed by atoms with van der Waals surface area (Å²) in [5.74, 6) is 0.290. The highest BCUT2D eigenvalue weighted by atomic mass is 16.3. The highest BCUT2D eigenvalue weighted by Gasteiger charge is 2.18. The molecule has 0 aromatic heterocycles. The van der Waals surface area contributed by atoms with E-state index in [4.69, 9.17) is 5.26 Å². The molecule has 1 heterocycles. The smallest absolute Gasteiger partial charge is 0.139 e. The van der Waals surface area contributed by atoms with Gasteiger partial charge in [0.25, 0.3) is 0 Å². The number of benzene rings is 1. The summed E-state index contributed by atoms with van der Waals surface area (Å²) in [6.07, 6.45) is 3.58. The second-order valence-corrected chi connectivity index (χ2v) is 4.27. The molecule has 0 unspecified atom stereocenters. The van der Waals surface area contributed by atoms with E-state index in [-0.39, 0.29) is 0 Å². The Hall–Kier alpha value is -1.69. The molecule has 0 spiro atoms. The second-order valence-electron chi connectivity index (χ2n) is 4.27. The van der Waals surface area contributed by atoms with Gasteiger partial charge in [-0.2, -0.15) is 5.26 Å². The zero-order valence-electron chi connectivity index (χ0n) is 9.53. The Morgan fingerprint density at radius 1 is 1.25 bits per heavy atom. The number of nitriles is 1. The fraction of sp³-hybridized carbons (Fsp3) is 0.462. The van der Waals surface area contributed by atoms with E-state index in [9.17, 15) is 5.11 Å². The molecule has 16 heavy (non-hydrogen) atoms. The summed E-state index contributed by atoms with van der Waals surface area (Å²) in [7, 11) is 0. The Morgan fingerprint density at radius 2 is 1.94 bits per heavy atom. The van der Waals surface area contributed by atoms with Crippen molar-refractivity contribution in [3.05, 3.63) is 23.3 Å². The summed E-state index contributed by atoms with van der Waals surface area (Å²) < 4.78 is 0. The van der Waals surface area contributed by atoms with Crippen molar-refractivity contribution in [1.82, 2.24) is 0 Å². The van der Waals surface area contributed by atoms with Crippen LogP contribution in [-0.2, 0) is 0 Å². The number of rotatable bonds is 1. The molecule has 1 aromatic rings. The van der Waals surface area contributed by atoms with E-state index in [2.05, 4.69) is 11.0 Å². The lowest BCUT2D eigenvalue weighted by atomic mass is 10.0. The van der Waals surface area contributed by atoms with Gasteiger partial charge in [-0.05, 0) is 43.9 Å². The van der Waals surface area contributed by atoms with Crippen molar-refractivity contribution in [1.29, 1.82) is 5.26 Å². The maximum atomic E-state index is 9.91. The van der Waals surface area contributed by atoms with Gasteiger partial charge >= 0.3 is 0 Å². The molecule has 1 aliphatic heterocycles. The van der Waals surface area contributed by atoms with Crippen LogP contribution in [0.5, 0.6) is 5.75 Å². The number of hydrogen-bond donors (Lipinski definition) is 1. The molecule has 0 radical (unpaired) electrons. The van der Waals surface area contributed by atoms with Gasteiger partial charge in [0.1, 0.15) is 5.75 Å². The van der Waals surface area contributed by atoms with Gasteiger partial charge in [-0.3, -0.25) is 0 Å². The van der Waals surface area contributed by atoms with Gasteiger partial charge in [-0.15, -0.1) is 0 Å². The number of phenolic OH excluding ortho intramolecular Hbond substituents is 1. The van der Waals surface area contributed by atoms with E-state index in [1.54, 1.807) is 12.1 Å². The fourth-order valence-electron chi connectivity index (χ4n) is 2.32. The number of phenols is 1. The quantitative estimate of drug-likeness (QED) is 0.784. The van der Waals surface area contributed by atoms with Gasteiger partial charge < -0.3 is 10.0 Å². The van der Waals surface area contributed by atoms with Crippen LogP contribution in [0, 0.1) is 18.3 Å². The Balaban J connectivity index is 2.42. The lowest BCUT2D eigenvalue weighted by Crippen LogP contribution is -2.30. The Kier molecular flexibility index (Phi) is 3.00. The second kappa shape index (κ2) is 4.44. The van der Waals surface area contributed by atoms with Crippen LogP contribution in [0.15, 0.2) is 12.1 Å². The van der Waals surface area contributed by atoms with Crippen molar-refractivity contribution < 1.29 is 5.11 Å². The van der Waals surface area contributed by atoms with Crippen LogP contribution in [0.25, 0.3) is 0 Å². The van der Waals surface area contributed by atoms with Crippen LogP contribution in [0.2, 0.25) is 0 Å². The monoisotopic (exact) mass is 216 g/mol. The number of hydrogen-bond acceptors (Lipinski definition) is 3. The molecule has 0 atom stereocenters. The van der Waals surface area contributed by atoms with Gasteiger partial charge in [0.05, 0.1) is 17.3 Å². The van der Waals surface area contributed by atoms with E-state index in [0.29, 0.717) is 11.3 Å². The minimum Gasteiger partial charge on any atom is -0.506 e. The van der Waals surface area contributed by atoms with E-state index >= 15 is 0 Å². The summed E-state index contributed by atoms with van der Waals surface area (Å²) in [6.45, 7) is 3.86. The Bertz CT molecular complexity index is 428. The number of anilines is 1. The summed E-state index contributed by atoms with van der Waals surface area (Å²) in [5.41, 5.74) is 2.39. The van der Waals surface area contributed by atoms with Gasteiger partial charge in [0, 0.05) is 13.1 Å². The zero-order valence-corrected chi connectivity index (χ0v) is 9.53. The van der Waals surface area contributed by atoms with E-state index in [1.165, 1.54) is 6.42 Å². The molecule has 2 rings (SSSR count). The van der Waals surface area contributed by atoms with Crippen molar-refractivity contribution in [3.63, 3.8) is 0 Å². The van der Waals surface area contributed by atoms with Gasteiger partial charge in [-0.25, -0.2) is 0 Å². The average Bonchev–Trinajstić information content (AvgIpc) is 2.31. The molecule has 3 nitrogen and oxygen atoms in total. The van der Waals surface area contributed by atoms with Crippen molar-refractivity contribution in [3.8, 4) is 11.8 Å². The van der Waals surface area contributed by atoms with Gasteiger partial charge in [0.15, 0.2) is 0 Å². The predicted molar refractivity (Wildman–Crippen MR) is 63.6 cm³/mol. The summed E-state index contributed by atoms with van der Waals surface area (Å²) in [4.78, 5) is 2.19. The maximum absolute atomic E-state index is 9.91. The average molecular weight is 216 g/mol. The Labute approximate surface area is 95.9 Å². The molecule has 3 heteroatoms. The van der Waals surface area contributed by atoms with Crippen molar-refractivity contribution in [2.24, 2.45) is 0 Å². The van der Waals surface area contributed by atoms with Crippen molar-refractivity contribution in [2.45, 2.75) is 26.2 Å². The Morgan fingerprint density at radius 3 is 2.56 bits per heavy atom. The van der Waals surface area contributed by atoms with Crippen LogP contribution >= 0.6 is 0 Å². The fourth-order valence-corrected chi connectivity index (χ4v) is 2.32. The van der Waals surface area contributed by atoms with E-state index in [1.807, 2.05) is 6.92 Å². The molecule has 84 valence electrons. The zero-order chi connectivity index (χ0) is 11.5. The number of piperidine rings is 1. The number of aromatic hydroxyl groups is 1. The van der Waals surface area contributed by atoms with Crippen LogP contribution < -0.4 is 4.90 Å². The molecule has 1 aliphatic rings. The summed E-state index contributed by atoms with van der Waals surface area (Å²) >= 11 is 0. The molecule has 0 bridgehead atoms. The molecule has 1 aromatic carbocycles. The first-order chi connectivity index (χ1) is 7.74.